The molecule has 2 N–H and O–H groups in total. The summed E-state index contributed by atoms with van der Waals surface area (Å²) < 4.78 is 0. The second-order valence-electron chi connectivity index (χ2n) is 3.88. The maximum Gasteiger partial charge on any atom is 0.133 e. The van der Waals surface area contributed by atoms with Crippen LogP contribution in [0.25, 0.3) is 0 Å². The van der Waals surface area contributed by atoms with Gasteiger partial charge in [-0.15, -0.1) is 11.3 Å². The molecule has 2 aromatic heterocycles. The van der Waals surface area contributed by atoms with Gasteiger partial charge in [0.2, 0.25) is 0 Å². The number of aryl methyl sites for hydroxylation is 1. The van der Waals surface area contributed by atoms with Crippen molar-refractivity contribution >= 4 is 23.0 Å². The number of rotatable bonds is 6. The van der Waals surface area contributed by atoms with Crippen LogP contribution in [0.5, 0.6) is 0 Å². The van der Waals surface area contributed by atoms with Crippen molar-refractivity contribution in [1.29, 1.82) is 0 Å². The van der Waals surface area contributed by atoms with Crippen molar-refractivity contribution < 1.29 is 0 Å². The van der Waals surface area contributed by atoms with Crippen molar-refractivity contribution in [3.63, 3.8) is 0 Å². The molecule has 6 heteroatoms. The summed E-state index contributed by atoms with van der Waals surface area (Å²) in [7, 11) is 1.87. The van der Waals surface area contributed by atoms with Gasteiger partial charge in [-0.3, -0.25) is 4.98 Å². The van der Waals surface area contributed by atoms with E-state index in [0.29, 0.717) is 0 Å². The molecule has 0 aromatic carbocycles. The van der Waals surface area contributed by atoms with E-state index in [4.69, 9.17) is 0 Å². The summed E-state index contributed by atoms with van der Waals surface area (Å²) in [6.45, 7) is 2.87. The maximum absolute atomic E-state index is 4.49. The molecular weight excluding hydrogens is 246 g/mol. The van der Waals surface area contributed by atoms with E-state index in [9.17, 15) is 0 Å². The predicted octanol–water partition coefficient (Wildman–Crippen LogP) is 2.54. The summed E-state index contributed by atoms with van der Waals surface area (Å²) in [5.41, 5.74) is 1.83. The highest BCUT2D eigenvalue weighted by atomic mass is 32.1. The van der Waals surface area contributed by atoms with E-state index < -0.39 is 0 Å². The van der Waals surface area contributed by atoms with Gasteiger partial charge in [0.15, 0.2) is 0 Å². The normalized spacial score (nSPS) is 10.3. The molecule has 2 rings (SSSR count). The fraction of sp³-hybridized carbons (Fsp3) is 0.417. The van der Waals surface area contributed by atoms with Crippen LogP contribution in [0.2, 0.25) is 0 Å². The number of hydrogen-bond donors (Lipinski definition) is 2. The first kappa shape index (κ1) is 12.8. The van der Waals surface area contributed by atoms with Crippen molar-refractivity contribution in [2.24, 2.45) is 0 Å². The van der Waals surface area contributed by atoms with Crippen molar-refractivity contribution in [3.05, 3.63) is 28.5 Å². The topological polar surface area (TPSA) is 62.7 Å². The average molecular weight is 263 g/mol. The molecule has 2 heterocycles. The van der Waals surface area contributed by atoms with E-state index in [1.807, 2.05) is 24.8 Å². The third-order valence-electron chi connectivity index (χ3n) is 2.43. The lowest BCUT2D eigenvalue weighted by atomic mass is 10.3. The average Bonchev–Trinajstić information content (AvgIpc) is 2.89. The highest BCUT2D eigenvalue weighted by molar-refractivity contribution is 7.09. The van der Waals surface area contributed by atoms with Crippen molar-refractivity contribution in [3.8, 4) is 0 Å². The molecule has 0 unspecified atom stereocenters. The van der Waals surface area contributed by atoms with Crippen molar-refractivity contribution in [2.45, 2.75) is 26.3 Å². The van der Waals surface area contributed by atoms with Gasteiger partial charge >= 0.3 is 0 Å². The van der Waals surface area contributed by atoms with E-state index in [-0.39, 0.29) is 0 Å². The van der Waals surface area contributed by atoms with Gasteiger partial charge in [0.05, 0.1) is 12.1 Å². The van der Waals surface area contributed by atoms with Crippen LogP contribution in [0, 0.1) is 0 Å². The van der Waals surface area contributed by atoms with Gasteiger partial charge in [-0.1, -0.05) is 6.92 Å². The van der Waals surface area contributed by atoms with Gasteiger partial charge < -0.3 is 10.6 Å². The summed E-state index contributed by atoms with van der Waals surface area (Å²) in [5.74, 6) is 2.57. The molecule has 0 bridgehead atoms. The Balaban J connectivity index is 2.08. The summed E-state index contributed by atoms with van der Waals surface area (Å²) in [6, 6.07) is 1.92. The second kappa shape index (κ2) is 6.30. The minimum Gasteiger partial charge on any atom is -0.373 e. The minimum atomic E-state index is 0.746. The highest BCUT2D eigenvalue weighted by Gasteiger charge is 2.03. The molecule has 96 valence electrons. The van der Waals surface area contributed by atoms with Crippen LogP contribution in [0.1, 0.15) is 24.0 Å². The number of anilines is 2. The Hall–Kier alpha value is -1.69. The quantitative estimate of drug-likeness (QED) is 0.838. The molecule has 0 atom stereocenters. The van der Waals surface area contributed by atoms with Crippen molar-refractivity contribution in [2.75, 3.05) is 17.7 Å². The van der Waals surface area contributed by atoms with E-state index in [1.165, 1.54) is 4.88 Å². The molecule has 2 aromatic rings. The summed E-state index contributed by atoms with van der Waals surface area (Å²) in [4.78, 5) is 14.1. The summed E-state index contributed by atoms with van der Waals surface area (Å²) >= 11 is 1.63. The molecule has 0 radical (unpaired) electrons. The van der Waals surface area contributed by atoms with Crippen LogP contribution in [0.15, 0.2) is 17.8 Å². The van der Waals surface area contributed by atoms with E-state index >= 15 is 0 Å². The van der Waals surface area contributed by atoms with Gasteiger partial charge in [0.25, 0.3) is 0 Å². The molecule has 0 fully saturated rings. The Bertz CT molecular complexity index is 483. The molecule has 5 nitrogen and oxygen atoms in total. The number of hydrogen-bond acceptors (Lipinski definition) is 6. The standard InChI is InChI=1S/C12H17N5S/c1-3-4-10-16-11(13-2)5-12(17-10)15-7-9-6-14-8-18-9/h5-6,8H,3-4,7H2,1-2H3,(H2,13,15,16,17). The van der Waals surface area contributed by atoms with Crippen LogP contribution >= 0.6 is 11.3 Å². The van der Waals surface area contributed by atoms with Crippen LogP contribution in [-0.4, -0.2) is 22.0 Å². The lowest BCUT2D eigenvalue weighted by Gasteiger charge is -2.08. The Morgan fingerprint density at radius 2 is 2.11 bits per heavy atom. The lowest BCUT2D eigenvalue weighted by molar-refractivity contribution is 0.835. The van der Waals surface area contributed by atoms with Gasteiger partial charge in [0, 0.05) is 30.6 Å². The zero-order chi connectivity index (χ0) is 12.8. The molecule has 18 heavy (non-hydrogen) atoms. The highest BCUT2D eigenvalue weighted by Crippen LogP contribution is 2.14. The van der Waals surface area contributed by atoms with E-state index in [0.717, 1.165) is 36.8 Å². The van der Waals surface area contributed by atoms with Crippen LogP contribution < -0.4 is 10.6 Å². The zero-order valence-electron chi connectivity index (χ0n) is 10.6. The fourth-order valence-electron chi connectivity index (χ4n) is 1.56. The minimum absolute atomic E-state index is 0.746. The molecule has 0 aliphatic heterocycles. The Kier molecular flexibility index (Phi) is 4.46. The van der Waals surface area contributed by atoms with Crippen LogP contribution in [-0.2, 0) is 13.0 Å². The zero-order valence-corrected chi connectivity index (χ0v) is 11.4. The molecule has 0 aliphatic carbocycles. The fourth-order valence-corrected chi connectivity index (χ4v) is 2.09. The van der Waals surface area contributed by atoms with Crippen LogP contribution in [0.3, 0.4) is 0 Å². The van der Waals surface area contributed by atoms with Gasteiger partial charge in [-0.05, 0) is 6.42 Å². The van der Waals surface area contributed by atoms with Gasteiger partial charge in [-0.25, -0.2) is 9.97 Å². The molecule has 0 spiro atoms. The smallest absolute Gasteiger partial charge is 0.133 e. The van der Waals surface area contributed by atoms with Gasteiger partial charge in [0.1, 0.15) is 17.5 Å². The second-order valence-corrected chi connectivity index (χ2v) is 4.85. The molecule has 0 aliphatic rings. The Labute approximate surface area is 111 Å². The molecule has 0 saturated carbocycles. The summed E-state index contributed by atoms with van der Waals surface area (Å²) in [5, 5.41) is 6.36. The number of aromatic nitrogens is 3. The van der Waals surface area contributed by atoms with E-state index in [2.05, 4.69) is 32.5 Å². The Morgan fingerprint density at radius 1 is 1.28 bits per heavy atom. The number of nitrogens with one attached hydrogen (secondary N) is 2. The number of thiazole rings is 1. The molecule has 0 saturated heterocycles. The first-order valence-corrected chi connectivity index (χ1v) is 6.86. The third-order valence-corrected chi connectivity index (χ3v) is 3.21. The third kappa shape index (κ3) is 3.40. The van der Waals surface area contributed by atoms with Crippen LogP contribution in [0.4, 0.5) is 11.6 Å². The first-order chi connectivity index (χ1) is 8.81. The number of nitrogens with zero attached hydrogens (tertiary/aromatic N) is 3. The molecule has 0 amide bonds. The Morgan fingerprint density at radius 3 is 2.78 bits per heavy atom. The predicted molar refractivity (Wildman–Crippen MR) is 75.0 cm³/mol. The monoisotopic (exact) mass is 263 g/mol. The molecular formula is C12H17N5S. The maximum atomic E-state index is 4.49. The first-order valence-electron chi connectivity index (χ1n) is 5.98. The SMILES string of the molecule is CCCc1nc(NC)cc(NCc2cncs2)n1. The van der Waals surface area contributed by atoms with Crippen molar-refractivity contribution in [1.82, 2.24) is 15.0 Å². The van der Waals surface area contributed by atoms with Gasteiger partial charge in [-0.2, -0.15) is 0 Å². The lowest BCUT2D eigenvalue weighted by Crippen LogP contribution is -2.06. The summed E-state index contributed by atoms with van der Waals surface area (Å²) in [6.07, 6.45) is 3.80. The van der Waals surface area contributed by atoms with E-state index in [1.54, 1.807) is 11.3 Å². The largest absolute Gasteiger partial charge is 0.373 e.